The second-order valence-corrected chi connectivity index (χ2v) is 6.09. The molecule has 3 amide bonds. The minimum absolute atomic E-state index is 0.334. The topological polar surface area (TPSA) is 91.8 Å². The summed E-state index contributed by atoms with van der Waals surface area (Å²) in [5.41, 5.74) is 4.57. The van der Waals surface area contributed by atoms with Gasteiger partial charge in [-0.1, -0.05) is 24.3 Å². The highest BCUT2D eigenvalue weighted by Crippen LogP contribution is 2.28. The first-order chi connectivity index (χ1) is 13.5. The highest BCUT2D eigenvalue weighted by molar-refractivity contribution is 5.99. The fourth-order valence-electron chi connectivity index (χ4n) is 2.82. The van der Waals surface area contributed by atoms with Crippen LogP contribution in [0.2, 0.25) is 0 Å². The molecule has 0 aromatic heterocycles. The molecule has 1 aliphatic rings. The smallest absolute Gasteiger partial charge is 0.319 e. The fourth-order valence-corrected chi connectivity index (χ4v) is 2.82. The molecule has 7 nitrogen and oxygen atoms in total. The third-order valence-electron chi connectivity index (χ3n) is 4.21. The molecule has 28 heavy (non-hydrogen) atoms. The Morgan fingerprint density at radius 1 is 1.18 bits per heavy atom. The number of halogens is 1. The van der Waals surface area contributed by atoms with Crippen molar-refractivity contribution in [1.29, 1.82) is 0 Å². The van der Waals surface area contributed by atoms with E-state index in [2.05, 4.69) is 21.2 Å². The van der Waals surface area contributed by atoms with Gasteiger partial charge < -0.3 is 15.4 Å². The Hall–Kier alpha value is -3.68. The zero-order valence-electron chi connectivity index (χ0n) is 15.3. The Balaban J connectivity index is 1.80. The first-order valence-corrected chi connectivity index (χ1v) is 8.49. The molecule has 3 N–H and O–H groups in total. The van der Waals surface area contributed by atoms with Crippen molar-refractivity contribution in [3.8, 4) is 5.75 Å². The molecule has 2 aromatic rings. The predicted octanol–water partition coefficient (Wildman–Crippen LogP) is 2.61. The average Bonchev–Trinajstić information content (AvgIpc) is 2.69. The molecule has 0 aliphatic carbocycles. The lowest BCUT2D eigenvalue weighted by Crippen LogP contribution is -2.46. The SMILES string of the molecule is COc1ccc(C2NC(=O)NC(C)=C2C(=O)NN=Cc2ccc(F)cc2)cc1. The van der Waals surface area contributed by atoms with Gasteiger partial charge in [0.1, 0.15) is 11.6 Å². The van der Waals surface area contributed by atoms with Gasteiger partial charge in [0.05, 0.1) is 24.9 Å². The van der Waals surface area contributed by atoms with Gasteiger partial charge in [-0.15, -0.1) is 0 Å². The molecule has 2 aromatic carbocycles. The van der Waals surface area contributed by atoms with Gasteiger partial charge >= 0.3 is 6.03 Å². The lowest BCUT2D eigenvalue weighted by molar-refractivity contribution is -0.117. The fraction of sp³-hybridized carbons (Fsp3) is 0.150. The predicted molar refractivity (Wildman–Crippen MR) is 102 cm³/mol. The molecule has 0 bridgehead atoms. The maximum atomic E-state index is 12.9. The van der Waals surface area contributed by atoms with Crippen LogP contribution in [-0.4, -0.2) is 25.3 Å². The number of urea groups is 1. The maximum Gasteiger partial charge on any atom is 0.319 e. The number of allylic oxidation sites excluding steroid dienone is 1. The van der Waals surface area contributed by atoms with Crippen LogP contribution in [0.3, 0.4) is 0 Å². The van der Waals surface area contributed by atoms with Crippen LogP contribution in [0.1, 0.15) is 24.1 Å². The van der Waals surface area contributed by atoms with Gasteiger partial charge in [-0.25, -0.2) is 14.6 Å². The van der Waals surface area contributed by atoms with Crippen molar-refractivity contribution in [2.75, 3.05) is 7.11 Å². The van der Waals surface area contributed by atoms with Crippen LogP contribution in [0.15, 0.2) is 64.9 Å². The van der Waals surface area contributed by atoms with Gasteiger partial charge in [-0.2, -0.15) is 5.10 Å². The molecular formula is C20H19FN4O3. The van der Waals surface area contributed by atoms with Crippen molar-refractivity contribution < 1.29 is 18.7 Å². The average molecular weight is 382 g/mol. The van der Waals surface area contributed by atoms with Gasteiger partial charge in [0, 0.05) is 5.70 Å². The van der Waals surface area contributed by atoms with Gasteiger partial charge in [-0.3, -0.25) is 4.79 Å². The summed E-state index contributed by atoms with van der Waals surface area (Å²) in [6, 6.07) is 11.7. The van der Waals surface area contributed by atoms with E-state index in [1.54, 1.807) is 38.3 Å². The van der Waals surface area contributed by atoms with Gasteiger partial charge in [-0.05, 0) is 42.3 Å². The molecule has 1 aliphatic heterocycles. The number of carbonyl (C=O) groups is 2. The Kier molecular flexibility index (Phi) is 5.69. The summed E-state index contributed by atoms with van der Waals surface area (Å²) < 4.78 is 18.1. The molecule has 1 heterocycles. The van der Waals surface area contributed by atoms with Crippen LogP contribution in [-0.2, 0) is 4.79 Å². The van der Waals surface area contributed by atoms with E-state index in [4.69, 9.17) is 4.74 Å². The van der Waals surface area contributed by atoms with Gasteiger partial charge in [0.25, 0.3) is 5.91 Å². The van der Waals surface area contributed by atoms with E-state index in [1.807, 2.05) is 0 Å². The number of hydrogen-bond acceptors (Lipinski definition) is 4. The molecule has 0 fully saturated rings. The lowest BCUT2D eigenvalue weighted by atomic mass is 9.95. The molecule has 3 rings (SSSR count). The van der Waals surface area contributed by atoms with Crippen molar-refractivity contribution in [3.63, 3.8) is 0 Å². The second-order valence-electron chi connectivity index (χ2n) is 6.09. The molecule has 1 atom stereocenters. The third-order valence-corrected chi connectivity index (χ3v) is 4.21. The molecule has 0 spiro atoms. The molecule has 0 radical (unpaired) electrons. The first-order valence-electron chi connectivity index (χ1n) is 8.49. The molecule has 0 saturated carbocycles. The minimum atomic E-state index is -0.638. The van der Waals surface area contributed by atoms with Crippen molar-refractivity contribution in [2.45, 2.75) is 13.0 Å². The number of rotatable bonds is 5. The Labute approximate surface area is 161 Å². The largest absolute Gasteiger partial charge is 0.497 e. The highest BCUT2D eigenvalue weighted by atomic mass is 19.1. The van der Waals surface area contributed by atoms with Crippen LogP contribution in [0, 0.1) is 5.82 Å². The number of nitrogens with one attached hydrogen (secondary N) is 3. The summed E-state index contributed by atoms with van der Waals surface area (Å²) in [5, 5.41) is 9.25. The summed E-state index contributed by atoms with van der Waals surface area (Å²) in [7, 11) is 1.56. The molecule has 144 valence electrons. The van der Waals surface area contributed by atoms with Crippen molar-refractivity contribution in [2.24, 2.45) is 5.10 Å². The zero-order valence-corrected chi connectivity index (χ0v) is 15.3. The Morgan fingerprint density at radius 3 is 2.50 bits per heavy atom. The summed E-state index contributed by atoms with van der Waals surface area (Å²) >= 11 is 0. The number of amides is 3. The number of ether oxygens (including phenoxy) is 1. The van der Waals surface area contributed by atoms with E-state index in [0.717, 1.165) is 5.56 Å². The molecule has 8 heteroatoms. The van der Waals surface area contributed by atoms with E-state index >= 15 is 0 Å². The van der Waals surface area contributed by atoms with Crippen LogP contribution < -0.4 is 20.8 Å². The molecular weight excluding hydrogens is 363 g/mol. The van der Waals surface area contributed by atoms with Crippen LogP contribution in [0.25, 0.3) is 0 Å². The van der Waals surface area contributed by atoms with E-state index in [-0.39, 0.29) is 5.82 Å². The summed E-state index contributed by atoms with van der Waals surface area (Å²) in [6.45, 7) is 1.65. The number of hydrazone groups is 1. The van der Waals surface area contributed by atoms with Crippen LogP contribution >= 0.6 is 0 Å². The molecule has 1 unspecified atom stereocenters. The van der Waals surface area contributed by atoms with E-state index < -0.39 is 18.0 Å². The van der Waals surface area contributed by atoms with Crippen molar-refractivity contribution >= 4 is 18.2 Å². The number of carbonyl (C=O) groups excluding carboxylic acids is 2. The van der Waals surface area contributed by atoms with Gasteiger partial charge in [0.2, 0.25) is 0 Å². The number of methoxy groups -OCH3 is 1. The molecule has 0 saturated heterocycles. The van der Waals surface area contributed by atoms with Crippen LogP contribution in [0.4, 0.5) is 9.18 Å². The van der Waals surface area contributed by atoms with E-state index in [1.165, 1.54) is 30.5 Å². The van der Waals surface area contributed by atoms with Crippen LogP contribution in [0.5, 0.6) is 5.75 Å². The number of hydrogen-bond donors (Lipinski definition) is 3. The highest BCUT2D eigenvalue weighted by Gasteiger charge is 2.31. The minimum Gasteiger partial charge on any atom is -0.497 e. The van der Waals surface area contributed by atoms with Crippen molar-refractivity contribution in [1.82, 2.24) is 16.1 Å². The first kappa shape index (κ1) is 19.1. The summed E-state index contributed by atoms with van der Waals surface area (Å²) in [6.07, 6.45) is 1.41. The Bertz CT molecular complexity index is 937. The zero-order chi connectivity index (χ0) is 20.1. The normalized spacial score (nSPS) is 16.5. The Morgan fingerprint density at radius 2 is 1.86 bits per heavy atom. The standard InChI is InChI=1S/C20H19FN4O3/c1-12-17(19(26)25-22-11-13-3-7-15(21)8-4-13)18(24-20(27)23-12)14-5-9-16(28-2)10-6-14/h3-11,18H,1-2H3,(H,25,26)(H2,23,24,27). The quantitative estimate of drug-likeness (QED) is 0.548. The second kappa shape index (κ2) is 8.34. The lowest BCUT2D eigenvalue weighted by Gasteiger charge is -2.28. The number of benzene rings is 2. The summed E-state index contributed by atoms with van der Waals surface area (Å²) in [4.78, 5) is 24.6. The number of nitrogens with zero attached hydrogens (tertiary/aromatic N) is 1. The van der Waals surface area contributed by atoms with Gasteiger partial charge in [0.15, 0.2) is 0 Å². The van der Waals surface area contributed by atoms with E-state index in [9.17, 15) is 14.0 Å². The van der Waals surface area contributed by atoms with E-state index in [0.29, 0.717) is 22.6 Å². The monoisotopic (exact) mass is 382 g/mol. The third kappa shape index (κ3) is 4.35. The van der Waals surface area contributed by atoms with Crippen molar-refractivity contribution in [3.05, 3.63) is 76.7 Å². The summed E-state index contributed by atoms with van der Waals surface area (Å²) in [5.74, 6) is -0.155. The maximum absolute atomic E-state index is 12.9.